The molecule has 3 aromatic rings. The molecule has 160 valence electrons. The number of hydrogen-bond donors (Lipinski definition) is 1. The number of nitrogens with zero attached hydrogens (tertiary/aromatic N) is 1. The van der Waals surface area contributed by atoms with Crippen LogP contribution in [-0.2, 0) is 14.8 Å². The van der Waals surface area contributed by atoms with Crippen molar-refractivity contribution in [3.63, 3.8) is 0 Å². The zero-order valence-corrected chi connectivity index (χ0v) is 17.4. The fourth-order valence-electron chi connectivity index (χ4n) is 2.79. The molecule has 1 N–H and O–H groups in total. The van der Waals surface area contributed by atoms with Crippen LogP contribution in [0.5, 0.6) is 5.75 Å². The Hall–Kier alpha value is -3.65. The molecule has 0 aliphatic carbocycles. The van der Waals surface area contributed by atoms with Crippen molar-refractivity contribution in [1.29, 1.82) is 0 Å². The SMILES string of the molecule is C=CCOc1cccc(NC(=O)CN(c2ccc(F)cc2)S(=O)(=O)c2ccccc2)c1. The molecular weight excluding hydrogens is 419 g/mol. The van der Waals surface area contributed by atoms with Crippen molar-refractivity contribution in [2.24, 2.45) is 0 Å². The maximum Gasteiger partial charge on any atom is 0.264 e. The van der Waals surface area contributed by atoms with Crippen LogP contribution in [0.3, 0.4) is 0 Å². The number of nitrogens with one attached hydrogen (secondary N) is 1. The maximum atomic E-state index is 13.4. The summed E-state index contributed by atoms with van der Waals surface area (Å²) in [5.74, 6) is -0.545. The molecule has 6 nitrogen and oxygen atoms in total. The molecule has 0 spiro atoms. The third-order valence-corrected chi connectivity index (χ3v) is 6.01. The number of ether oxygens (including phenoxy) is 1. The van der Waals surface area contributed by atoms with Gasteiger partial charge in [-0.05, 0) is 48.5 Å². The molecule has 8 heteroatoms. The third-order valence-electron chi connectivity index (χ3n) is 4.22. The van der Waals surface area contributed by atoms with E-state index in [2.05, 4.69) is 11.9 Å². The van der Waals surface area contributed by atoms with E-state index in [0.717, 1.165) is 16.4 Å². The average molecular weight is 440 g/mol. The minimum atomic E-state index is -4.06. The number of rotatable bonds is 9. The first-order valence-electron chi connectivity index (χ1n) is 9.37. The Morgan fingerprint density at radius 1 is 1.03 bits per heavy atom. The largest absolute Gasteiger partial charge is 0.489 e. The number of amides is 1. The van der Waals surface area contributed by atoms with E-state index in [9.17, 15) is 17.6 Å². The van der Waals surface area contributed by atoms with Crippen LogP contribution in [0.1, 0.15) is 0 Å². The molecule has 0 radical (unpaired) electrons. The fraction of sp³-hybridized carbons (Fsp3) is 0.0870. The lowest BCUT2D eigenvalue weighted by atomic mass is 10.3. The summed E-state index contributed by atoms with van der Waals surface area (Å²) >= 11 is 0. The van der Waals surface area contributed by atoms with Crippen LogP contribution in [0, 0.1) is 5.82 Å². The summed E-state index contributed by atoms with van der Waals surface area (Å²) in [4.78, 5) is 12.7. The lowest BCUT2D eigenvalue weighted by molar-refractivity contribution is -0.114. The highest BCUT2D eigenvalue weighted by molar-refractivity contribution is 7.92. The lowest BCUT2D eigenvalue weighted by Gasteiger charge is -2.24. The number of sulfonamides is 1. The minimum Gasteiger partial charge on any atom is -0.489 e. The van der Waals surface area contributed by atoms with E-state index in [-0.39, 0.29) is 10.6 Å². The van der Waals surface area contributed by atoms with Crippen molar-refractivity contribution in [1.82, 2.24) is 0 Å². The second kappa shape index (κ2) is 9.90. The molecule has 0 saturated heterocycles. The van der Waals surface area contributed by atoms with Gasteiger partial charge in [0, 0.05) is 11.8 Å². The highest BCUT2D eigenvalue weighted by Crippen LogP contribution is 2.24. The molecule has 0 aliphatic heterocycles. The van der Waals surface area contributed by atoms with Crippen molar-refractivity contribution in [2.45, 2.75) is 4.90 Å². The summed E-state index contributed by atoms with van der Waals surface area (Å²) in [6.07, 6.45) is 1.60. The van der Waals surface area contributed by atoms with Crippen LogP contribution in [0.15, 0.2) is 96.4 Å². The zero-order valence-electron chi connectivity index (χ0n) is 16.6. The standard InChI is InChI=1S/C23H21FN2O4S/c1-2-15-30-21-8-6-7-19(16-21)25-23(27)17-26(20-13-11-18(24)12-14-20)31(28,29)22-9-4-3-5-10-22/h2-14,16H,1,15,17H2,(H,25,27). The average Bonchev–Trinajstić information content (AvgIpc) is 2.77. The van der Waals surface area contributed by atoms with Crippen molar-refractivity contribution < 1.29 is 22.3 Å². The minimum absolute atomic E-state index is 0.0203. The van der Waals surface area contributed by atoms with E-state index in [1.54, 1.807) is 48.5 Å². The molecule has 0 atom stereocenters. The van der Waals surface area contributed by atoms with Gasteiger partial charge in [0.05, 0.1) is 10.6 Å². The van der Waals surface area contributed by atoms with Crippen molar-refractivity contribution in [3.8, 4) is 5.75 Å². The Bertz CT molecular complexity index is 1150. The predicted molar refractivity (Wildman–Crippen MR) is 118 cm³/mol. The van der Waals surface area contributed by atoms with Crippen LogP contribution in [0.2, 0.25) is 0 Å². The second-order valence-electron chi connectivity index (χ2n) is 6.48. The lowest BCUT2D eigenvalue weighted by Crippen LogP contribution is -2.38. The van der Waals surface area contributed by atoms with Crippen LogP contribution in [0.4, 0.5) is 15.8 Å². The zero-order chi connectivity index (χ0) is 22.3. The van der Waals surface area contributed by atoms with E-state index in [1.165, 1.54) is 24.3 Å². The molecule has 0 fully saturated rings. The molecule has 1 amide bonds. The van der Waals surface area contributed by atoms with Gasteiger partial charge in [0.25, 0.3) is 10.0 Å². The van der Waals surface area contributed by atoms with E-state index >= 15 is 0 Å². The highest BCUT2D eigenvalue weighted by Gasteiger charge is 2.27. The molecule has 0 aromatic heterocycles. The number of anilines is 2. The van der Waals surface area contributed by atoms with Gasteiger partial charge in [-0.1, -0.05) is 36.9 Å². The first-order chi connectivity index (χ1) is 14.9. The Balaban J connectivity index is 1.86. The first-order valence-corrected chi connectivity index (χ1v) is 10.8. The van der Waals surface area contributed by atoms with Crippen LogP contribution in [-0.4, -0.2) is 27.5 Å². The van der Waals surface area contributed by atoms with Gasteiger partial charge in [0.15, 0.2) is 0 Å². The first kappa shape index (κ1) is 22.0. The van der Waals surface area contributed by atoms with Gasteiger partial charge in [-0.25, -0.2) is 12.8 Å². The number of benzene rings is 3. The Morgan fingerprint density at radius 3 is 2.42 bits per heavy atom. The summed E-state index contributed by atoms with van der Waals surface area (Å²) in [6.45, 7) is 3.39. The van der Waals surface area contributed by atoms with E-state index in [1.807, 2.05) is 0 Å². The Morgan fingerprint density at radius 2 is 1.74 bits per heavy atom. The van der Waals surface area contributed by atoms with Crippen molar-refractivity contribution in [3.05, 3.63) is 97.3 Å². The monoisotopic (exact) mass is 440 g/mol. The molecule has 0 aliphatic rings. The van der Waals surface area contributed by atoms with Gasteiger partial charge < -0.3 is 10.1 Å². The van der Waals surface area contributed by atoms with Gasteiger partial charge in [0.1, 0.15) is 24.7 Å². The molecule has 0 saturated carbocycles. The number of carbonyl (C=O) groups is 1. The van der Waals surface area contributed by atoms with E-state index < -0.39 is 28.3 Å². The number of halogens is 1. The maximum absolute atomic E-state index is 13.4. The van der Waals surface area contributed by atoms with Gasteiger partial charge in [-0.2, -0.15) is 0 Å². The molecule has 31 heavy (non-hydrogen) atoms. The molecule has 3 rings (SSSR count). The molecule has 3 aromatic carbocycles. The second-order valence-corrected chi connectivity index (χ2v) is 8.34. The van der Waals surface area contributed by atoms with Gasteiger partial charge in [0.2, 0.25) is 5.91 Å². The highest BCUT2D eigenvalue weighted by atomic mass is 32.2. The summed E-state index contributed by atoms with van der Waals surface area (Å²) in [5, 5.41) is 2.67. The van der Waals surface area contributed by atoms with Crippen molar-refractivity contribution >= 4 is 27.3 Å². The summed E-state index contributed by atoms with van der Waals surface area (Å²) in [7, 11) is -4.06. The normalized spacial score (nSPS) is 10.9. The smallest absolute Gasteiger partial charge is 0.264 e. The molecule has 0 heterocycles. The van der Waals surface area contributed by atoms with Crippen LogP contribution in [0.25, 0.3) is 0 Å². The molecule has 0 unspecified atom stereocenters. The van der Waals surface area contributed by atoms with E-state index in [4.69, 9.17) is 4.74 Å². The topological polar surface area (TPSA) is 75.7 Å². The predicted octanol–water partition coefficient (Wildman–Crippen LogP) is 4.22. The summed E-state index contributed by atoms with van der Waals surface area (Å²) in [5.41, 5.74) is 0.617. The van der Waals surface area contributed by atoms with Gasteiger partial charge in [-0.3, -0.25) is 9.10 Å². The van der Waals surface area contributed by atoms with Crippen LogP contribution >= 0.6 is 0 Å². The summed E-state index contributed by atoms with van der Waals surface area (Å²) in [6, 6.07) is 19.3. The fourth-order valence-corrected chi connectivity index (χ4v) is 4.23. The van der Waals surface area contributed by atoms with Gasteiger partial charge in [-0.15, -0.1) is 0 Å². The Labute approximate surface area is 180 Å². The quantitative estimate of drug-likeness (QED) is 0.506. The van der Waals surface area contributed by atoms with E-state index in [0.29, 0.717) is 18.0 Å². The summed E-state index contributed by atoms with van der Waals surface area (Å²) < 4.78 is 46.2. The number of hydrogen-bond acceptors (Lipinski definition) is 4. The third kappa shape index (κ3) is 5.70. The molecular formula is C23H21FN2O4S. The van der Waals surface area contributed by atoms with Crippen molar-refractivity contribution in [2.75, 3.05) is 22.8 Å². The van der Waals surface area contributed by atoms with Crippen LogP contribution < -0.4 is 14.4 Å². The Kier molecular flexibility index (Phi) is 7.04. The molecule has 0 bridgehead atoms. The van der Waals surface area contributed by atoms with Gasteiger partial charge >= 0.3 is 0 Å². The number of carbonyl (C=O) groups excluding carboxylic acids is 1.